The van der Waals surface area contributed by atoms with E-state index in [0.29, 0.717) is 5.75 Å². The number of hydrogen-bond donors (Lipinski definition) is 0. The standard InChI is InChI=1S/C12H12N2O3/c1-17-12-9-10(14(15)16)5-6-11(12)13-7-3-2-4-8-13/h2-7,9H,8H2,1H3. The Balaban J connectivity index is 2.37. The first-order valence-electron chi connectivity index (χ1n) is 5.15. The second-order valence-electron chi connectivity index (χ2n) is 3.54. The summed E-state index contributed by atoms with van der Waals surface area (Å²) in [5, 5.41) is 10.7. The van der Waals surface area contributed by atoms with Crippen molar-refractivity contribution in [3.63, 3.8) is 0 Å². The maximum atomic E-state index is 10.7. The van der Waals surface area contributed by atoms with Gasteiger partial charge in [0.2, 0.25) is 0 Å². The van der Waals surface area contributed by atoms with Crippen LogP contribution in [0.4, 0.5) is 11.4 Å². The average molecular weight is 232 g/mol. The molecule has 0 amide bonds. The van der Waals surface area contributed by atoms with E-state index >= 15 is 0 Å². The molecule has 17 heavy (non-hydrogen) atoms. The number of anilines is 1. The number of hydrogen-bond acceptors (Lipinski definition) is 4. The van der Waals surface area contributed by atoms with Crippen molar-refractivity contribution in [1.29, 1.82) is 0 Å². The molecule has 0 N–H and O–H groups in total. The van der Waals surface area contributed by atoms with E-state index < -0.39 is 4.92 Å². The number of rotatable bonds is 3. The maximum absolute atomic E-state index is 10.7. The van der Waals surface area contributed by atoms with E-state index in [2.05, 4.69) is 0 Å². The predicted molar refractivity (Wildman–Crippen MR) is 65.3 cm³/mol. The number of ether oxygens (including phenoxy) is 1. The highest BCUT2D eigenvalue weighted by atomic mass is 16.6. The van der Waals surface area contributed by atoms with E-state index in [9.17, 15) is 10.1 Å². The normalized spacial score (nSPS) is 13.8. The van der Waals surface area contributed by atoms with Crippen LogP contribution < -0.4 is 9.64 Å². The molecule has 0 unspecified atom stereocenters. The Morgan fingerprint density at radius 1 is 1.41 bits per heavy atom. The molecule has 5 nitrogen and oxygen atoms in total. The molecule has 88 valence electrons. The van der Waals surface area contributed by atoms with Gasteiger partial charge in [-0.2, -0.15) is 0 Å². The molecule has 0 fully saturated rings. The summed E-state index contributed by atoms with van der Waals surface area (Å²) in [6.07, 6.45) is 7.77. The molecule has 0 saturated carbocycles. The van der Waals surface area contributed by atoms with E-state index in [1.807, 2.05) is 29.3 Å². The summed E-state index contributed by atoms with van der Waals surface area (Å²) in [7, 11) is 1.51. The van der Waals surface area contributed by atoms with Gasteiger partial charge in [-0.15, -0.1) is 0 Å². The molecule has 1 aliphatic rings. The number of nitro groups is 1. The van der Waals surface area contributed by atoms with Crippen molar-refractivity contribution >= 4 is 11.4 Å². The van der Waals surface area contributed by atoms with Gasteiger partial charge in [-0.1, -0.05) is 12.2 Å². The summed E-state index contributed by atoms with van der Waals surface area (Å²) < 4.78 is 5.19. The minimum Gasteiger partial charge on any atom is -0.494 e. The van der Waals surface area contributed by atoms with E-state index in [4.69, 9.17) is 4.74 Å². The van der Waals surface area contributed by atoms with E-state index in [1.54, 1.807) is 6.07 Å². The molecular formula is C12H12N2O3. The van der Waals surface area contributed by atoms with E-state index in [-0.39, 0.29) is 5.69 Å². The number of methoxy groups -OCH3 is 1. The zero-order valence-electron chi connectivity index (χ0n) is 9.37. The number of non-ortho nitro benzene ring substituents is 1. The quantitative estimate of drug-likeness (QED) is 0.593. The number of nitro benzene ring substituents is 1. The Bertz CT molecular complexity index is 495. The average Bonchev–Trinajstić information content (AvgIpc) is 2.39. The van der Waals surface area contributed by atoms with Crippen LogP contribution in [-0.4, -0.2) is 18.6 Å². The molecule has 1 aromatic carbocycles. The summed E-state index contributed by atoms with van der Waals surface area (Å²) in [6, 6.07) is 4.60. The van der Waals surface area contributed by atoms with Crippen molar-refractivity contribution in [1.82, 2.24) is 0 Å². The zero-order valence-corrected chi connectivity index (χ0v) is 9.37. The summed E-state index contributed by atoms with van der Waals surface area (Å²) >= 11 is 0. The third-order valence-corrected chi connectivity index (χ3v) is 2.50. The van der Waals surface area contributed by atoms with Gasteiger partial charge >= 0.3 is 0 Å². The van der Waals surface area contributed by atoms with Gasteiger partial charge in [0.15, 0.2) is 0 Å². The van der Waals surface area contributed by atoms with Gasteiger partial charge in [-0.05, 0) is 12.1 Å². The molecule has 2 rings (SSSR count). The van der Waals surface area contributed by atoms with Crippen LogP contribution in [0.25, 0.3) is 0 Å². The highest BCUT2D eigenvalue weighted by Crippen LogP contribution is 2.32. The first-order valence-corrected chi connectivity index (χ1v) is 5.15. The van der Waals surface area contributed by atoms with Crippen LogP contribution in [0.5, 0.6) is 5.75 Å². The van der Waals surface area contributed by atoms with Crippen LogP contribution >= 0.6 is 0 Å². The smallest absolute Gasteiger partial charge is 0.273 e. The minimum atomic E-state index is -0.432. The molecular weight excluding hydrogens is 220 g/mol. The van der Waals surface area contributed by atoms with E-state index in [1.165, 1.54) is 19.2 Å². The summed E-state index contributed by atoms with van der Waals surface area (Å²) in [5.41, 5.74) is 0.848. The van der Waals surface area contributed by atoms with Crippen LogP contribution in [0, 0.1) is 10.1 Å². The highest BCUT2D eigenvalue weighted by molar-refractivity contribution is 5.64. The third-order valence-electron chi connectivity index (χ3n) is 2.50. The molecule has 1 heterocycles. The van der Waals surface area contributed by atoms with Gasteiger partial charge in [-0.3, -0.25) is 10.1 Å². The minimum absolute atomic E-state index is 0.0298. The predicted octanol–water partition coefficient (Wildman–Crippen LogP) is 2.49. The molecule has 0 aromatic heterocycles. The monoisotopic (exact) mass is 232 g/mol. The fourth-order valence-corrected chi connectivity index (χ4v) is 1.66. The van der Waals surface area contributed by atoms with Crippen LogP contribution in [0.2, 0.25) is 0 Å². The van der Waals surface area contributed by atoms with Crippen molar-refractivity contribution in [2.24, 2.45) is 0 Å². The third kappa shape index (κ3) is 2.28. The van der Waals surface area contributed by atoms with Gasteiger partial charge in [0.25, 0.3) is 5.69 Å². The molecule has 0 spiro atoms. The molecule has 0 saturated heterocycles. The van der Waals surface area contributed by atoms with Gasteiger partial charge in [0.1, 0.15) is 5.75 Å². The Morgan fingerprint density at radius 3 is 2.82 bits per heavy atom. The maximum Gasteiger partial charge on any atom is 0.273 e. The lowest BCUT2D eigenvalue weighted by Gasteiger charge is -2.22. The van der Waals surface area contributed by atoms with Gasteiger partial charge < -0.3 is 9.64 Å². The van der Waals surface area contributed by atoms with Crippen molar-refractivity contribution in [3.8, 4) is 5.75 Å². The molecule has 0 bridgehead atoms. The van der Waals surface area contributed by atoms with Gasteiger partial charge in [0, 0.05) is 18.8 Å². The van der Waals surface area contributed by atoms with Crippen LogP contribution in [0.15, 0.2) is 42.6 Å². The molecule has 5 heteroatoms. The Labute approximate surface area is 98.8 Å². The van der Waals surface area contributed by atoms with Crippen molar-refractivity contribution in [2.45, 2.75) is 0 Å². The Hall–Kier alpha value is -2.30. The molecule has 0 atom stereocenters. The summed E-state index contributed by atoms with van der Waals surface area (Å²) in [4.78, 5) is 12.2. The summed E-state index contributed by atoms with van der Waals surface area (Å²) in [6.45, 7) is 0.727. The van der Waals surface area contributed by atoms with Crippen molar-refractivity contribution < 1.29 is 9.66 Å². The van der Waals surface area contributed by atoms with Gasteiger partial charge in [-0.25, -0.2) is 0 Å². The zero-order chi connectivity index (χ0) is 12.3. The molecule has 0 radical (unpaired) electrons. The fraction of sp³-hybridized carbons (Fsp3) is 0.167. The molecule has 0 aliphatic carbocycles. The SMILES string of the molecule is COc1cc([N+](=O)[O-])ccc1N1C=CC=CC1. The second-order valence-corrected chi connectivity index (χ2v) is 3.54. The fourth-order valence-electron chi connectivity index (χ4n) is 1.66. The molecule has 1 aromatic rings. The highest BCUT2D eigenvalue weighted by Gasteiger charge is 2.14. The van der Waals surface area contributed by atoms with Crippen molar-refractivity contribution in [3.05, 3.63) is 52.7 Å². The first kappa shape index (κ1) is 11.2. The van der Waals surface area contributed by atoms with E-state index in [0.717, 1.165) is 12.2 Å². The summed E-state index contributed by atoms with van der Waals surface area (Å²) in [5.74, 6) is 0.499. The lowest BCUT2D eigenvalue weighted by Crippen LogP contribution is -2.18. The van der Waals surface area contributed by atoms with Crippen LogP contribution in [0.1, 0.15) is 0 Å². The first-order chi connectivity index (χ1) is 8.22. The van der Waals surface area contributed by atoms with Crippen LogP contribution in [-0.2, 0) is 0 Å². The van der Waals surface area contributed by atoms with Crippen molar-refractivity contribution in [2.75, 3.05) is 18.6 Å². The van der Waals surface area contributed by atoms with Crippen LogP contribution in [0.3, 0.4) is 0 Å². The largest absolute Gasteiger partial charge is 0.494 e. The Morgan fingerprint density at radius 2 is 2.24 bits per heavy atom. The lowest BCUT2D eigenvalue weighted by molar-refractivity contribution is -0.384. The van der Waals surface area contributed by atoms with Gasteiger partial charge in [0.05, 0.1) is 23.8 Å². The lowest BCUT2D eigenvalue weighted by atomic mass is 10.2. The topological polar surface area (TPSA) is 55.6 Å². The number of benzene rings is 1. The second kappa shape index (κ2) is 4.69. The number of nitrogens with zero attached hydrogens (tertiary/aromatic N) is 2. The Kier molecular flexibility index (Phi) is 3.09. The molecule has 1 aliphatic heterocycles. The number of allylic oxidation sites excluding steroid dienone is 2.